The highest BCUT2D eigenvalue weighted by molar-refractivity contribution is 5.82. The first-order valence-corrected chi connectivity index (χ1v) is 5.20. The SMILES string of the molecule is CC(C)c1cc(=O)n(C)c2ccccc12. The number of nitrogens with zero attached hydrogens (tertiary/aromatic N) is 1. The number of aryl methyl sites for hydroxylation is 1. The molecule has 0 atom stereocenters. The third-order valence-electron chi connectivity index (χ3n) is 2.81. The van der Waals surface area contributed by atoms with Gasteiger partial charge in [-0.25, -0.2) is 0 Å². The van der Waals surface area contributed by atoms with Crippen LogP contribution in [0, 0.1) is 0 Å². The van der Waals surface area contributed by atoms with Gasteiger partial charge in [-0.1, -0.05) is 32.0 Å². The average Bonchev–Trinajstić information content (AvgIpc) is 2.23. The average molecular weight is 201 g/mol. The lowest BCUT2D eigenvalue weighted by Crippen LogP contribution is -2.17. The van der Waals surface area contributed by atoms with E-state index in [1.807, 2.05) is 25.2 Å². The monoisotopic (exact) mass is 201 g/mol. The Morgan fingerprint density at radius 3 is 2.53 bits per heavy atom. The zero-order valence-corrected chi connectivity index (χ0v) is 9.32. The van der Waals surface area contributed by atoms with Gasteiger partial charge in [0.05, 0.1) is 5.52 Å². The molecule has 2 heteroatoms. The number of rotatable bonds is 1. The van der Waals surface area contributed by atoms with E-state index in [1.54, 1.807) is 10.6 Å². The highest BCUT2D eigenvalue weighted by Gasteiger charge is 2.08. The van der Waals surface area contributed by atoms with Crippen molar-refractivity contribution in [2.24, 2.45) is 7.05 Å². The first kappa shape index (κ1) is 9.97. The summed E-state index contributed by atoms with van der Waals surface area (Å²) in [4.78, 5) is 11.7. The van der Waals surface area contributed by atoms with Crippen molar-refractivity contribution in [1.82, 2.24) is 4.57 Å². The molecule has 0 fully saturated rings. The van der Waals surface area contributed by atoms with E-state index in [2.05, 4.69) is 19.9 Å². The van der Waals surface area contributed by atoms with Crippen LogP contribution in [0.3, 0.4) is 0 Å². The third kappa shape index (κ3) is 1.56. The Balaban J connectivity index is 2.95. The first-order valence-electron chi connectivity index (χ1n) is 5.20. The van der Waals surface area contributed by atoms with Crippen LogP contribution in [0.15, 0.2) is 35.1 Å². The van der Waals surface area contributed by atoms with Crippen molar-refractivity contribution < 1.29 is 0 Å². The van der Waals surface area contributed by atoms with E-state index >= 15 is 0 Å². The molecular weight excluding hydrogens is 186 g/mol. The molecule has 0 aliphatic heterocycles. The van der Waals surface area contributed by atoms with Gasteiger partial charge in [0.2, 0.25) is 0 Å². The Hall–Kier alpha value is -1.57. The molecular formula is C13H15NO. The van der Waals surface area contributed by atoms with Crippen molar-refractivity contribution in [3.05, 3.63) is 46.2 Å². The minimum Gasteiger partial charge on any atom is -0.311 e. The molecule has 15 heavy (non-hydrogen) atoms. The molecule has 2 rings (SSSR count). The minimum atomic E-state index is 0.0670. The number of fused-ring (bicyclic) bond motifs is 1. The van der Waals surface area contributed by atoms with E-state index in [-0.39, 0.29) is 5.56 Å². The smallest absolute Gasteiger partial charge is 0.251 e. The van der Waals surface area contributed by atoms with Gasteiger partial charge in [-0.15, -0.1) is 0 Å². The summed E-state index contributed by atoms with van der Waals surface area (Å²) < 4.78 is 1.70. The molecule has 1 aromatic heterocycles. The Kier molecular flexibility index (Phi) is 2.35. The molecule has 0 radical (unpaired) electrons. The van der Waals surface area contributed by atoms with Crippen LogP contribution in [-0.4, -0.2) is 4.57 Å². The lowest BCUT2D eigenvalue weighted by atomic mass is 9.99. The van der Waals surface area contributed by atoms with Crippen LogP contribution in [0.25, 0.3) is 10.9 Å². The Labute approximate surface area is 89.2 Å². The Bertz CT molecular complexity index is 552. The molecule has 0 aliphatic rings. The number of para-hydroxylation sites is 1. The zero-order valence-electron chi connectivity index (χ0n) is 9.32. The van der Waals surface area contributed by atoms with Gasteiger partial charge in [-0.2, -0.15) is 0 Å². The van der Waals surface area contributed by atoms with Crippen LogP contribution in [0.4, 0.5) is 0 Å². The van der Waals surface area contributed by atoms with Crippen LogP contribution in [0.5, 0.6) is 0 Å². The van der Waals surface area contributed by atoms with Crippen molar-refractivity contribution in [2.75, 3.05) is 0 Å². The normalized spacial score (nSPS) is 11.2. The quantitative estimate of drug-likeness (QED) is 0.695. The molecule has 0 N–H and O–H groups in total. The second-order valence-corrected chi connectivity index (χ2v) is 4.17. The fraction of sp³-hybridized carbons (Fsp3) is 0.308. The van der Waals surface area contributed by atoms with Gasteiger partial charge in [0.25, 0.3) is 5.56 Å². The lowest BCUT2D eigenvalue weighted by molar-refractivity contribution is 0.846. The van der Waals surface area contributed by atoms with Gasteiger partial charge in [-0.05, 0) is 17.5 Å². The molecule has 0 aliphatic carbocycles. The maximum Gasteiger partial charge on any atom is 0.251 e. The van der Waals surface area contributed by atoms with Crippen LogP contribution in [0.2, 0.25) is 0 Å². The summed E-state index contributed by atoms with van der Waals surface area (Å²) >= 11 is 0. The molecule has 2 aromatic rings. The van der Waals surface area contributed by atoms with Crippen LogP contribution < -0.4 is 5.56 Å². The summed E-state index contributed by atoms with van der Waals surface area (Å²) in [6, 6.07) is 9.78. The number of pyridine rings is 1. The fourth-order valence-electron chi connectivity index (χ4n) is 1.91. The first-order chi connectivity index (χ1) is 7.11. The third-order valence-corrected chi connectivity index (χ3v) is 2.81. The van der Waals surface area contributed by atoms with Gasteiger partial charge in [0.15, 0.2) is 0 Å². The van der Waals surface area contributed by atoms with E-state index in [1.165, 1.54) is 5.39 Å². The summed E-state index contributed by atoms with van der Waals surface area (Å²) in [5.41, 5.74) is 2.21. The molecule has 2 nitrogen and oxygen atoms in total. The predicted molar refractivity (Wildman–Crippen MR) is 63.3 cm³/mol. The molecule has 1 heterocycles. The van der Waals surface area contributed by atoms with Crippen molar-refractivity contribution >= 4 is 10.9 Å². The molecule has 1 aromatic carbocycles. The zero-order chi connectivity index (χ0) is 11.0. The standard InChI is InChI=1S/C13H15NO/c1-9(2)11-8-13(15)14(3)12-7-5-4-6-10(11)12/h4-9H,1-3H3. The van der Waals surface area contributed by atoms with Gasteiger partial charge in [0.1, 0.15) is 0 Å². The van der Waals surface area contributed by atoms with E-state index < -0.39 is 0 Å². The minimum absolute atomic E-state index is 0.0670. The van der Waals surface area contributed by atoms with Crippen molar-refractivity contribution in [1.29, 1.82) is 0 Å². The van der Waals surface area contributed by atoms with Gasteiger partial charge in [-0.3, -0.25) is 4.79 Å². The fourth-order valence-corrected chi connectivity index (χ4v) is 1.91. The molecule has 0 saturated carbocycles. The van der Waals surface area contributed by atoms with Gasteiger partial charge in [0, 0.05) is 18.5 Å². The highest BCUT2D eigenvalue weighted by atomic mass is 16.1. The predicted octanol–water partition coefficient (Wildman–Crippen LogP) is 2.66. The number of aromatic nitrogens is 1. The topological polar surface area (TPSA) is 22.0 Å². The lowest BCUT2D eigenvalue weighted by Gasteiger charge is -2.12. The second-order valence-electron chi connectivity index (χ2n) is 4.17. The number of benzene rings is 1. The van der Waals surface area contributed by atoms with Crippen molar-refractivity contribution in [3.63, 3.8) is 0 Å². The second kappa shape index (κ2) is 3.54. The molecule has 0 saturated heterocycles. The van der Waals surface area contributed by atoms with E-state index in [4.69, 9.17) is 0 Å². The summed E-state index contributed by atoms with van der Waals surface area (Å²) in [5.74, 6) is 0.379. The van der Waals surface area contributed by atoms with E-state index in [0.717, 1.165) is 11.1 Å². The summed E-state index contributed by atoms with van der Waals surface area (Å²) in [7, 11) is 1.81. The summed E-state index contributed by atoms with van der Waals surface area (Å²) in [6.45, 7) is 4.22. The summed E-state index contributed by atoms with van der Waals surface area (Å²) in [5, 5.41) is 1.18. The highest BCUT2D eigenvalue weighted by Crippen LogP contribution is 2.22. The van der Waals surface area contributed by atoms with Gasteiger partial charge < -0.3 is 4.57 Å². The largest absolute Gasteiger partial charge is 0.311 e. The van der Waals surface area contributed by atoms with Gasteiger partial charge >= 0.3 is 0 Å². The van der Waals surface area contributed by atoms with Crippen molar-refractivity contribution in [2.45, 2.75) is 19.8 Å². The maximum atomic E-state index is 11.7. The Morgan fingerprint density at radius 1 is 1.20 bits per heavy atom. The van der Waals surface area contributed by atoms with E-state index in [9.17, 15) is 4.79 Å². The molecule has 0 amide bonds. The van der Waals surface area contributed by atoms with Crippen LogP contribution >= 0.6 is 0 Å². The number of hydrogen-bond donors (Lipinski definition) is 0. The maximum absolute atomic E-state index is 11.7. The molecule has 0 spiro atoms. The summed E-state index contributed by atoms with van der Waals surface area (Å²) in [6.07, 6.45) is 0. The molecule has 0 unspecified atom stereocenters. The van der Waals surface area contributed by atoms with Crippen LogP contribution in [-0.2, 0) is 7.05 Å². The molecule has 78 valence electrons. The Morgan fingerprint density at radius 2 is 1.87 bits per heavy atom. The molecule has 0 bridgehead atoms. The van der Waals surface area contributed by atoms with Crippen molar-refractivity contribution in [3.8, 4) is 0 Å². The number of hydrogen-bond acceptors (Lipinski definition) is 1. The van der Waals surface area contributed by atoms with Crippen LogP contribution in [0.1, 0.15) is 25.3 Å². The van der Waals surface area contributed by atoms with E-state index in [0.29, 0.717) is 5.92 Å².